The molecular formula is C14H17N3S. The highest BCUT2D eigenvalue weighted by Crippen LogP contribution is 2.26. The summed E-state index contributed by atoms with van der Waals surface area (Å²) in [6.07, 6.45) is 5.48. The average Bonchev–Trinajstić information content (AvgIpc) is 3.13. The number of hydrogen-bond donors (Lipinski definition) is 1. The Morgan fingerprint density at radius 1 is 1.44 bits per heavy atom. The lowest BCUT2D eigenvalue weighted by Crippen LogP contribution is -2.15. The lowest BCUT2D eigenvalue weighted by molar-refractivity contribution is 0.677. The molecule has 1 saturated carbocycles. The minimum atomic E-state index is 0.733. The number of nitrogens with zero attached hydrogens (tertiary/aromatic N) is 2. The molecule has 3 rings (SSSR count). The first-order valence-corrected chi connectivity index (χ1v) is 7.37. The lowest BCUT2D eigenvalue weighted by Gasteiger charge is -2.02. The molecule has 2 heterocycles. The van der Waals surface area contributed by atoms with E-state index in [2.05, 4.69) is 33.7 Å². The molecule has 3 nitrogen and oxygen atoms in total. The van der Waals surface area contributed by atoms with Crippen molar-refractivity contribution in [1.82, 2.24) is 15.3 Å². The van der Waals surface area contributed by atoms with E-state index in [1.807, 2.05) is 12.3 Å². The standard InChI is InChI=1S/C14H17N3S/c1-2-10-4-3-7-15-13(10)14-17-12(9-18-14)8-16-11-5-6-11/h3-4,7,9,11,16H,2,5-6,8H2,1H3. The van der Waals surface area contributed by atoms with Gasteiger partial charge in [-0.1, -0.05) is 13.0 Å². The van der Waals surface area contributed by atoms with Crippen LogP contribution < -0.4 is 5.32 Å². The second kappa shape index (κ2) is 5.16. The first kappa shape index (κ1) is 11.8. The number of aryl methyl sites for hydroxylation is 1. The molecule has 18 heavy (non-hydrogen) atoms. The van der Waals surface area contributed by atoms with E-state index in [0.717, 1.165) is 35.4 Å². The first-order chi connectivity index (χ1) is 8.86. The van der Waals surface area contributed by atoms with Gasteiger partial charge in [0.1, 0.15) is 10.7 Å². The number of aromatic nitrogens is 2. The Kier molecular flexibility index (Phi) is 3.39. The van der Waals surface area contributed by atoms with Crippen LogP contribution in [0.4, 0.5) is 0 Å². The van der Waals surface area contributed by atoms with Crippen LogP contribution in [0, 0.1) is 0 Å². The molecule has 0 aliphatic heterocycles. The minimum absolute atomic E-state index is 0.733. The molecule has 4 heteroatoms. The number of pyridine rings is 1. The molecule has 0 unspecified atom stereocenters. The molecule has 94 valence electrons. The summed E-state index contributed by atoms with van der Waals surface area (Å²) >= 11 is 1.69. The van der Waals surface area contributed by atoms with Gasteiger partial charge in [-0.05, 0) is 30.9 Å². The molecule has 0 radical (unpaired) electrons. The van der Waals surface area contributed by atoms with Crippen LogP contribution in [-0.2, 0) is 13.0 Å². The van der Waals surface area contributed by atoms with Gasteiger partial charge in [-0.2, -0.15) is 0 Å². The van der Waals surface area contributed by atoms with E-state index < -0.39 is 0 Å². The lowest BCUT2D eigenvalue weighted by atomic mass is 10.1. The largest absolute Gasteiger partial charge is 0.308 e. The topological polar surface area (TPSA) is 37.8 Å². The van der Waals surface area contributed by atoms with Gasteiger partial charge in [0, 0.05) is 24.2 Å². The molecule has 0 amide bonds. The van der Waals surface area contributed by atoms with Crippen LogP contribution in [-0.4, -0.2) is 16.0 Å². The first-order valence-electron chi connectivity index (χ1n) is 6.49. The van der Waals surface area contributed by atoms with Gasteiger partial charge in [-0.25, -0.2) is 4.98 Å². The summed E-state index contributed by atoms with van der Waals surface area (Å²) in [4.78, 5) is 9.15. The summed E-state index contributed by atoms with van der Waals surface area (Å²) in [5, 5.41) is 6.67. The van der Waals surface area contributed by atoms with E-state index >= 15 is 0 Å². The molecule has 1 aliphatic carbocycles. The van der Waals surface area contributed by atoms with Crippen molar-refractivity contribution >= 4 is 11.3 Å². The van der Waals surface area contributed by atoms with Crippen molar-refractivity contribution in [2.45, 2.75) is 38.8 Å². The fourth-order valence-electron chi connectivity index (χ4n) is 1.95. The van der Waals surface area contributed by atoms with Gasteiger partial charge in [0.05, 0.1) is 5.69 Å². The maximum absolute atomic E-state index is 4.68. The molecule has 0 atom stereocenters. The Hall–Kier alpha value is -1.26. The fourth-order valence-corrected chi connectivity index (χ4v) is 2.80. The molecule has 0 spiro atoms. The molecule has 0 saturated heterocycles. The molecule has 0 aromatic carbocycles. The monoisotopic (exact) mass is 259 g/mol. The van der Waals surface area contributed by atoms with Crippen LogP contribution in [0.1, 0.15) is 31.0 Å². The van der Waals surface area contributed by atoms with E-state index in [0.29, 0.717) is 0 Å². The molecule has 0 bridgehead atoms. The smallest absolute Gasteiger partial charge is 0.142 e. The Morgan fingerprint density at radius 2 is 2.33 bits per heavy atom. The molecule has 1 fully saturated rings. The van der Waals surface area contributed by atoms with Crippen molar-refractivity contribution in [1.29, 1.82) is 0 Å². The van der Waals surface area contributed by atoms with E-state index in [1.165, 1.54) is 18.4 Å². The van der Waals surface area contributed by atoms with Crippen molar-refractivity contribution < 1.29 is 0 Å². The summed E-state index contributed by atoms with van der Waals surface area (Å²) in [5.41, 5.74) is 3.45. The van der Waals surface area contributed by atoms with Crippen molar-refractivity contribution in [2.75, 3.05) is 0 Å². The summed E-state index contributed by atoms with van der Waals surface area (Å²) in [6.45, 7) is 3.04. The van der Waals surface area contributed by atoms with Crippen LogP contribution in [0.15, 0.2) is 23.7 Å². The van der Waals surface area contributed by atoms with Crippen molar-refractivity contribution in [3.63, 3.8) is 0 Å². The van der Waals surface area contributed by atoms with Gasteiger partial charge in [0.25, 0.3) is 0 Å². The maximum Gasteiger partial charge on any atom is 0.142 e. The molecule has 2 aromatic rings. The normalized spacial score (nSPS) is 14.9. The third kappa shape index (κ3) is 2.60. The highest BCUT2D eigenvalue weighted by Gasteiger charge is 2.20. The third-order valence-corrected chi connectivity index (χ3v) is 4.07. The van der Waals surface area contributed by atoms with Crippen molar-refractivity contribution in [2.24, 2.45) is 0 Å². The van der Waals surface area contributed by atoms with E-state index in [9.17, 15) is 0 Å². The van der Waals surface area contributed by atoms with E-state index in [-0.39, 0.29) is 0 Å². The molecular weight excluding hydrogens is 242 g/mol. The van der Waals surface area contributed by atoms with Gasteiger partial charge in [0.2, 0.25) is 0 Å². The van der Waals surface area contributed by atoms with E-state index in [1.54, 1.807) is 11.3 Å². The van der Waals surface area contributed by atoms with Crippen LogP contribution in [0.3, 0.4) is 0 Å². The second-order valence-electron chi connectivity index (χ2n) is 4.66. The Morgan fingerprint density at radius 3 is 3.11 bits per heavy atom. The highest BCUT2D eigenvalue weighted by atomic mass is 32.1. The number of rotatable bonds is 5. The molecule has 1 aliphatic rings. The third-order valence-electron chi connectivity index (χ3n) is 3.18. The Bertz CT molecular complexity index is 531. The maximum atomic E-state index is 4.68. The fraction of sp³-hybridized carbons (Fsp3) is 0.429. The molecule has 2 aromatic heterocycles. The quantitative estimate of drug-likeness (QED) is 0.897. The summed E-state index contributed by atoms with van der Waals surface area (Å²) in [7, 11) is 0. The van der Waals surface area contributed by atoms with Crippen LogP contribution in [0.2, 0.25) is 0 Å². The van der Waals surface area contributed by atoms with Gasteiger partial charge >= 0.3 is 0 Å². The zero-order chi connectivity index (χ0) is 12.4. The Balaban J connectivity index is 1.78. The average molecular weight is 259 g/mol. The second-order valence-corrected chi connectivity index (χ2v) is 5.52. The predicted octanol–water partition coefficient (Wildman–Crippen LogP) is 3.02. The SMILES string of the molecule is CCc1cccnc1-c1nc(CNC2CC2)cs1. The predicted molar refractivity (Wildman–Crippen MR) is 74.6 cm³/mol. The summed E-state index contributed by atoms with van der Waals surface area (Å²) < 4.78 is 0. The zero-order valence-corrected chi connectivity index (χ0v) is 11.3. The highest BCUT2D eigenvalue weighted by molar-refractivity contribution is 7.13. The number of hydrogen-bond acceptors (Lipinski definition) is 4. The molecule has 1 N–H and O–H groups in total. The van der Waals surface area contributed by atoms with Crippen LogP contribution in [0.25, 0.3) is 10.7 Å². The summed E-state index contributed by atoms with van der Waals surface area (Å²) in [6, 6.07) is 4.85. The number of nitrogens with one attached hydrogen (secondary N) is 1. The summed E-state index contributed by atoms with van der Waals surface area (Å²) in [5.74, 6) is 0. The van der Waals surface area contributed by atoms with E-state index in [4.69, 9.17) is 0 Å². The van der Waals surface area contributed by atoms with Gasteiger partial charge in [-0.15, -0.1) is 11.3 Å². The van der Waals surface area contributed by atoms with Gasteiger partial charge < -0.3 is 5.32 Å². The van der Waals surface area contributed by atoms with Crippen LogP contribution >= 0.6 is 11.3 Å². The zero-order valence-electron chi connectivity index (χ0n) is 10.5. The number of thiazole rings is 1. The van der Waals surface area contributed by atoms with Gasteiger partial charge in [-0.3, -0.25) is 4.98 Å². The van der Waals surface area contributed by atoms with Crippen molar-refractivity contribution in [3.05, 3.63) is 35.0 Å². The minimum Gasteiger partial charge on any atom is -0.308 e. The van der Waals surface area contributed by atoms with Crippen LogP contribution in [0.5, 0.6) is 0 Å². The van der Waals surface area contributed by atoms with Crippen molar-refractivity contribution in [3.8, 4) is 10.7 Å². The Labute approximate surface area is 111 Å². The van der Waals surface area contributed by atoms with Gasteiger partial charge in [0.15, 0.2) is 0 Å².